The molecule has 12 heavy (non-hydrogen) atoms. The number of hydrogen-bond acceptors (Lipinski definition) is 4. The molecule has 0 aliphatic heterocycles. The van der Waals surface area contributed by atoms with Gasteiger partial charge in [-0.3, -0.25) is 0 Å². The van der Waals surface area contributed by atoms with Crippen LogP contribution in [0.1, 0.15) is 0 Å². The van der Waals surface area contributed by atoms with E-state index in [9.17, 15) is 0 Å². The van der Waals surface area contributed by atoms with E-state index in [1.54, 1.807) is 6.07 Å². The summed E-state index contributed by atoms with van der Waals surface area (Å²) in [7, 11) is 0. The lowest BCUT2D eigenvalue weighted by atomic mass is 10.3. The summed E-state index contributed by atoms with van der Waals surface area (Å²) >= 11 is 4.21. The summed E-state index contributed by atoms with van der Waals surface area (Å²) in [6.45, 7) is 0. The second-order valence-electron chi connectivity index (χ2n) is 2.52. The van der Waals surface area contributed by atoms with E-state index in [0.29, 0.717) is 16.5 Å². The van der Waals surface area contributed by atoms with Gasteiger partial charge < -0.3 is 16.5 Å². The molecule has 1 aromatic heterocycles. The summed E-state index contributed by atoms with van der Waals surface area (Å²) in [6.07, 6.45) is 0. The van der Waals surface area contributed by atoms with E-state index in [1.165, 1.54) is 0 Å². The lowest BCUT2D eigenvalue weighted by Crippen LogP contribution is -1.87. The van der Waals surface area contributed by atoms with Crippen molar-refractivity contribution in [1.82, 2.24) is 9.97 Å². The minimum atomic E-state index is 0.380. The van der Waals surface area contributed by atoms with Gasteiger partial charge in [0.1, 0.15) is 5.52 Å². The fourth-order valence-corrected chi connectivity index (χ4v) is 1.34. The molecule has 0 atom stereocenters. The van der Waals surface area contributed by atoms with Crippen LogP contribution >= 0.6 is 12.6 Å². The highest BCUT2D eigenvalue weighted by Crippen LogP contribution is 2.25. The maximum atomic E-state index is 5.62. The fraction of sp³-hybridized carbons (Fsp3) is 0. The Balaban J connectivity index is 2.89. The molecule has 0 aliphatic carbocycles. The number of nitrogen functional groups attached to an aromatic ring is 2. The summed E-state index contributed by atoms with van der Waals surface area (Å²) in [6, 6.07) is 3.59. The second kappa shape index (κ2) is 2.31. The SMILES string of the molecule is Nc1nc2c(S)c(N)ccc2[nH]1. The van der Waals surface area contributed by atoms with Crippen LogP contribution in [0.2, 0.25) is 0 Å². The number of fused-ring (bicyclic) bond motifs is 1. The van der Waals surface area contributed by atoms with Crippen LogP contribution in [-0.2, 0) is 0 Å². The first-order valence-corrected chi connectivity index (χ1v) is 3.86. The van der Waals surface area contributed by atoms with E-state index in [-0.39, 0.29) is 0 Å². The van der Waals surface area contributed by atoms with Gasteiger partial charge in [0.25, 0.3) is 0 Å². The molecule has 0 aliphatic rings. The molecule has 0 saturated heterocycles. The monoisotopic (exact) mass is 180 g/mol. The minimum absolute atomic E-state index is 0.380. The van der Waals surface area contributed by atoms with Gasteiger partial charge in [0.2, 0.25) is 0 Å². The normalized spacial score (nSPS) is 10.8. The standard InChI is InChI=1S/C7H8N4S/c8-3-1-2-4-5(6(3)12)11-7(9)10-4/h1-2,12H,8H2,(H3,9,10,11). The Morgan fingerprint density at radius 2 is 2.08 bits per heavy atom. The Hall–Kier alpha value is -1.36. The summed E-state index contributed by atoms with van der Waals surface area (Å²) in [5, 5.41) is 0. The molecular formula is C7H8N4S. The van der Waals surface area contributed by atoms with Gasteiger partial charge in [0, 0.05) is 5.69 Å². The quantitative estimate of drug-likeness (QED) is 0.361. The third kappa shape index (κ3) is 0.902. The van der Waals surface area contributed by atoms with Crippen molar-refractivity contribution in [2.45, 2.75) is 4.90 Å². The van der Waals surface area contributed by atoms with Crippen LogP contribution < -0.4 is 11.5 Å². The zero-order chi connectivity index (χ0) is 8.72. The molecule has 2 rings (SSSR count). The number of nitrogens with two attached hydrogens (primary N) is 2. The van der Waals surface area contributed by atoms with Crippen molar-refractivity contribution < 1.29 is 0 Å². The van der Waals surface area contributed by atoms with Crippen LogP contribution in [0, 0.1) is 0 Å². The second-order valence-corrected chi connectivity index (χ2v) is 2.97. The van der Waals surface area contributed by atoms with E-state index >= 15 is 0 Å². The fourth-order valence-electron chi connectivity index (χ4n) is 1.10. The zero-order valence-corrected chi connectivity index (χ0v) is 7.10. The van der Waals surface area contributed by atoms with E-state index in [2.05, 4.69) is 22.6 Å². The summed E-state index contributed by atoms with van der Waals surface area (Å²) in [4.78, 5) is 7.60. The van der Waals surface area contributed by atoms with Crippen molar-refractivity contribution in [3.8, 4) is 0 Å². The van der Waals surface area contributed by atoms with Gasteiger partial charge in [-0.15, -0.1) is 12.6 Å². The predicted molar refractivity (Wildman–Crippen MR) is 52.2 cm³/mol. The molecule has 5 heteroatoms. The van der Waals surface area contributed by atoms with Crippen molar-refractivity contribution in [2.24, 2.45) is 0 Å². The number of aromatic nitrogens is 2. The lowest BCUT2D eigenvalue weighted by Gasteiger charge is -1.97. The molecule has 0 spiro atoms. The first-order chi connectivity index (χ1) is 5.68. The van der Waals surface area contributed by atoms with Crippen LogP contribution in [-0.4, -0.2) is 9.97 Å². The number of anilines is 2. The van der Waals surface area contributed by atoms with Crippen molar-refractivity contribution in [1.29, 1.82) is 0 Å². The Bertz CT molecular complexity index is 434. The van der Waals surface area contributed by atoms with Crippen molar-refractivity contribution in [3.63, 3.8) is 0 Å². The molecule has 0 bridgehead atoms. The highest BCUT2D eigenvalue weighted by molar-refractivity contribution is 7.80. The van der Waals surface area contributed by atoms with Gasteiger partial charge in [-0.05, 0) is 12.1 Å². The molecule has 0 unspecified atom stereocenters. The van der Waals surface area contributed by atoms with Gasteiger partial charge >= 0.3 is 0 Å². The Labute approximate surface area is 74.4 Å². The largest absolute Gasteiger partial charge is 0.398 e. The summed E-state index contributed by atoms with van der Waals surface area (Å²) < 4.78 is 0. The molecule has 5 N–H and O–H groups in total. The van der Waals surface area contributed by atoms with Gasteiger partial charge in [-0.2, -0.15) is 0 Å². The first kappa shape index (κ1) is 7.30. The smallest absolute Gasteiger partial charge is 0.198 e. The molecular weight excluding hydrogens is 172 g/mol. The van der Waals surface area contributed by atoms with E-state index < -0.39 is 0 Å². The van der Waals surface area contributed by atoms with Gasteiger partial charge in [0.05, 0.1) is 10.4 Å². The maximum Gasteiger partial charge on any atom is 0.198 e. The van der Waals surface area contributed by atoms with Crippen LogP contribution in [0.25, 0.3) is 11.0 Å². The van der Waals surface area contributed by atoms with Crippen LogP contribution in [0.4, 0.5) is 11.6 Å². The Morgan fingerprint density at radius 3 is 2.83 bits per heavy atom. The summed E-state index contributed by atoms with van der Waals surface area (Å²) in [5.41, 5.74) is 13.3. The number of H-pyrrole nitrogens is 1. The number of hydrogen-bond donors (Lipinski definition) is 4. The average Bonchev–Trinajstić information content (AvgIpc) is 2.39. The molecule has 0 fully saturated rings. The number of thiol groups is 1. The Kier molecular flexibility index (Phi) is 1.41. The van der Waals surface area contributed by atoms with E-state index in [1.807, 2.05) is 6.07 Å². The molecule has 1 aromatic carbocycles. The maximum absolute atomic E-state index is 5.62. The molecule has 0 radical (unpaired) electrons. The van der Waals surface area contributed by atoms with Crippen LogP contribution in [0.5, 0.6) is 0 Å². The Morgan fingerprint density at radius 1 is 1.33 bits per heavy atom. The third-order valence-electron chi connectivity index (χ3n) is 1.68. The summed E-state index contributed by atoms with van der Waals surface area (Å²) in [5.74, 6) is 0.380. The number of nitrogens with one attached hydrogen (secondary N) is 1. The molecule has 4 nitrogen and oxygen atoms in total. The number of benzene rings is 1. The van der Waals surface area contributed by atoms with Crippen LogP contribution in [0.3, 0.4) is 0 Å². The topological polar surface area (TPSA) is 80.7 Å². The number of aromatic amines is 1. The third-order valence-corrected chi connectivity index (χ3v) is 2.15. The van der Waals surface area contributed by atoms with Crippen LogP contribution in [0.15, 0.2) is 17.0 Å². The number of imidazole rings is 1. The van der Waals surface area contributed by atoms with Gasteiger partial charge in [-0.25, -0.2) is 4.98 Å². The molecule has 0 amide bonds. The van der Waals surface area contributed by atoms with Gasteiger partial charge in [-0.1, -0.05) is 0 Å². The zero-order valence-electron chi connectivity index (χ0n) is 6.20. The van der Waals surface area contributed by atoms with E-state index in [0.717, 1.165) is 11.0 Å². The highest BCUT2D eigenvalue weighted by atomic mass is 32.1. The minimum Gasteiger partial charge on any atom is -0.398 e. The average molecular weight is 180 g/mol. The van der Waals surface area contributed by atoms with E-state index in [4.69, 9.17) is 11.5 Å². The predicted octanol–water partition coefficient (Wildman–Crippen LogP) is 1.02. The van der Waals surface area contributed by atoms with Crippen molar-refractivity contribution >= 4 is 35.3 Å². The highest BCUT2D eigenvalue weighted by Gasteiger charge is 2.05. The molecule has 2 aromatic rings. The van der Waals surface area contributed by atoms with Crippen molar-refractivity contribution in [2.75, 3.05) is 11.5 Å². The molecule has 0 saturated carbocycles. The van der Waals surface area contributed by atoms with Crippen molar-refractivity contribution in [3.05, 3.63) is 12.1 Å². The lowest BCUT2D eigenvalue weighted by molar-refractivity contribution is 1.34. The number of rotatable bonds is 0. The van der Waals surface area contributed by atoms with Gasteiger partial charge in [0.15, 0.2) is 5.95 Å². The molecule has 62 valence electrons. The first-order valence-electron chi connectivity index (χ1n) is 3.41. The number of nitrogens with zero attached hydrogens (tertiary/aromatic N) is 1. The molecule has 1 heterocycles.